The first kappa shape index (κ1) is 27.1. The topological polar surface area (TPSA) is 159 Å². The number of nitrogens with one attached hydrogen (secondary N) is 3. The maximum atomic E-state index is 12.6. The average molecular weight is 518 g/mol. The number of unbranched alkanes of at least 4 members (excludes halogenated alkanes) is 1. The Bertz CT molecular complexity index is 863. The molecular weight excluding hydrogens is 478 g/mol. The number of aliphatic hydroxyl groups excluding tert-OH is 2. The molecule has 2 bridgehead atoms. The first-order chi connectivity index (χ1) is 16.2. The summed E-state index contributed by atoms with van der Waals surface area (Å²) < 4.78 is 17.6. The van der Waals surface area contributed by atoms with Gasteiger partial charge in [-0.1, -0.05) is 6.42 Å². The Kier molecular flexibility index (Phi) is 7.02. The molecule has 35 heavy (non-hydrogen) atoms. The summed E-state index contributed by atoms with van der Waals surface area (Å²) >= 11 is 1.88. The number of carbonyl (C=O) groups excluding carboxylic acids is 2. The fraction of sp³-hybridized carbons (Fsp3) is 0.913. The molecule has 200 valence electrons. The number of rotatable bonds is 9. The van der Waals surface area contributed by atoms with Gasteiger partial charge in [0.2, 0.25) is 11.7 Å². The van der Waals surface area contributed by atoms with E-state index in [0.29, 0.717) is 11.7 Å². The van der Waals surface area contributed by atoms with Gasteiger partial charge in [0.1, 0.15) is 35.6 Å². The lowest BCUT2D eigenvalue weighted by molar-refractivity contribution is -0.560. The van der Waals surface area contributed by atoms with Crippen molar-refractivity contribution in [2.24, 2.45) is 0 Å². The van der Waals surface area contributed by atoms with E-state index in [1.807, 2.05) is 11.8 Å². The van der Waals surface area contributed by atoms with Crippen LogP contribution in [0.5, 0.6) is 0 Å². The number of aliphatic hydroxyl groups is 3. The molecule has 5 aliphatic rings. The first-order valence-electron chi connectivity index (χ1n) is 12.2. The minimum Gasteiger partial charge on any atom is -0.463 e. The molecule has 0 aromatic rings. The molecule has 5 fully saturated rings. The molecule has 5 heterocycles. The number of hydrogen-bond donors (Lipinski definition) is 6. The van der Waals surface area contributed by atoms with Gasteiger partial charge in [0.15, 0.2) is 6.35 Å². The van der Waals surface area contributed by atoms with E-state index in [1.54, 1.807) is 20.8 Å². The number of esters is 1. The van der Waals surface area contributed by atoms with Crippen molar-refractivity contribution in [1.29, 1.82) is 0 Å². The second kappa shape index (κ2) is 9.09. The number of carbonyl (C=O) groups is 2. The Morgan fingerprint density at radius 2 is 1.89 bits per heavy atom. The van der Waals surface area contributed by atoms with Gasteiger partial charge < -0.3 is 34.8 Å². The molecule has 5 unspecified atom stereocenters. The predicted molar refractivity (Wildman–Crippen MR) is 127 cm³/mol. The summed E-state index contributed by atoms with van der Waals surface area (Å²) in [5.41, 5.74) is -5.45. The van der Waals surface area contributed by atoms with Gasteiger partial charge in [-0.3, -0.25) is 20.2 Å². The third-order valence-electron chi connectivity index (χ3n) is 8.75. The van der Waals surface area contributed by atoms with Crippen LogP contribution in [0.2, 0.25) is 0 Å². The molecule has 5 rings (SSSR count). The molecular formula is C23H39N3O8S. The van der Waals surface area contributed by atoms with E-state index in [0.717, 1.165) is 18.6 Å². The smallest absolute Gasteiger partial charge is 0.305 e. The third-order valence-corrected chi connectivity index (χ3v) is 10.3. The second-order valence-electron chi connectivity index (χ2n) is 10.9. The molecule has 0 radical (unpaired) electrons. The van der Waals surface area contributed by atoms with E-state index in [4.69, 9.17) is 14.2 Å². The number of ether oxygens (including phenoxy) is 3. The lowest BCUT2D eigenvalue weighted by Gasteiger charge is -2.77. The van der Waals surface area contributed by atoms with Crippen molar-refractivity contribution in [2.75, 3.05) is 19.0 Å². The van der Waals surface area contributed by atoms with Crippen LogP contribution in [0.4, 0.5) is 0 Å². The van der Waals surface area contributed by atoms with E-state index < -0.39 is 41.1 Å². The Morgan fingerprint density at radius 1 is 1.17 bits per heavy atom. The maximum absolute atomic E-state index is 12.6. The van der Waals surface area contributed by atoms with Crippen molar-refractivity contribution in [2.45, 2.75) is 112 Å². The number of thioether (sulfide) groups is 1. The monoisotopic (exact) mass is 517 g/mol. The summed E-state index contributed by atoms with van der Waals surface area (Å²) in [6.45, 7) is 7.09. The van der Waals surface area contributed by atoms with Gasteiger partial charge in [-0.05, 0) is 40.5 Å². The van der Waals surface area contributed by atoms with Crippen molar-refractivity contribution in [1.82, 2.24) is 16.0 Å². The highest BCUT2D eigenvalue weighted by molar-refractivity contribution is 8.00. The summed E-state index contributed by atoms with van der Waals surface area (Å²) in [4.78, 5) is 24.7. The van der Waals surface area contributed by atoms with Gasteiger partial charge in [-0.2, -0.15) is 11.8 Å². The largest absolute Gasteiger partial charge is 0.463 e. The summed E-state index contributed by atoms with van der Waals surface area (Å²) in [6.07, 6.45) is 2.05. The number of amides is 1. The fourth-order valence-corrected chi connectivity index (χ4v) is 7.76. The summed E-state index contributed by atoms with van der Waals surface area (Å²) in [5.74, 6) is -1.47. The van der Waals surface area contributed by atoms with E-state index in [1.165, 1.54) is 13.8 Å². The van der Waals surface area contributed by atoms with Crippen molar-refractivity contribution >= 4 is 23.6 Å². The zero-order valence-corrected chi connectivity index (χ0v) is 21.9. The maximum Gasteiger partial charge on any atom is 0.305 e. The van der Waals surface area contributed by atoms with Crippen molar-refractivity contribution in [3.8, 4) is 0 Å². The molecule has 0 spiro atoms. The normalized spacial score (nSPS) is 48.2. The number of hydrogen-bond acceptors (Lipinski definition) is 11. The van der Waals surface area contributed by atoms with Crippen LogP contribution in [0, 0.1) is 0 Å². The lowest BCUT2D eigenvalue weighted by Crippen LogP contribution is -2.98. The average Bonchev–Trinajstić information content (AvgIpc) is 3.32. The summed E-state index contributed by atoms with van der Waals surface area (Å²) in [7, 11) is 0. The Morgan fingerprint density at radius 3 is 2.51 bits per heavy atom. The fourth-order valence-electron chi connectivity index (χ4n) is 6.19. The zero-order chi connectivity index (χ0) is 25.9. The van der Waals surface area contributed by atoms with Crippen molar-refractivity contribution in [3.63, 3.8) is 0 Å². The van der Waals surface area contributed by atoms with Gasteiger partial charge in [-0.25, -0.2) is 0 Å². The highest BCUT2D eigenvalue weighted by Gasteiger charge is 2.86. The predicted octanol–water partition coefficient (Wildman–Crippen LogP) is -0.676. The van der Waals surface area contributed by atoms with Crippen LogP contribution in [0.3, 0.4) is 0 Å². The lowest BCUT2D eigenvalue weighted by atomic mass is 9.54. The van der Waals surface area contributed by atoms with Crippen LogP contribution in [0.1, 0.15) is 60.3 Å². The van der Waals surface area contributed by atoms with Gasteiger partial charge in [-0.15, -0.1) is 0 Å². The molecule has 0 aromatic carbocycles. The van der Waals surface area contributed by atoms with E-state index >= 15 is 0 Å². The Hall–Kier alpha value is -0.990. The molecule has 0 aliphatic carbocycles. The van der Waals surface area contributed by atoms with Gasteiger partial charge in [0.05, 0.1) is 0 Å². The van der Waals surface area contributed by atoms with E-state index in [9.17, 15) is 24.9 Å². The minimum atomic E-state index is -1.69. The molecule has 6 N–H and O–H groups in total. The molecule has 0 saturated carbocycles. The molecule has 1 amide bonds. The summed E-state index contributed by atoms with van der Waals surface area (Å²) in [5, 5.41) is 40.4. The quantitative estimate of drug-likeness (QED) is 0.170. The minimum absolute atomic E-state index is 0.185. The number of fused-ring (bicyclic) bond motifs is 3. The second-order valence-corrected chi connectivity index (χ2v) is 12.2. The van der Waals surface area contributed by atoms with Crippen LogP contribution < -0.4 is 16.0 Å². The zero-order valence-electron chi connectivity index (χ0n) is 21.1. The van der Waals surface area contributed by atoms with Crippen LogP contribution >= 0.6 is 11.8 Å². The molecule has 5 saturated heterocycles. The van der Waals surface area contributed by atoms with E-state index in [-0.39, 0.29) is 37.0 Å². The Labute approximate surface area is 210 Å². The van der Waals surface area contributed by atoms with Gasteiger partial charge in [0.25, 0.3) is 0 Å². The standard InChI is InChI=1S/C23H39N3O8S/c1-13(28)26-20(3)19(2,33-23(11-27)21(4,31)22(20,5)34-23)12-32-16(29)9-7-6-8-15-17-14(10-35-15)24-18(30)25-17/h14-15,17-18,24-25,27,30-31H,6-12H2,1-5H3,(H,26,28)/t14-,15?,17-,18?,19-,20?,21-,22?,23?/m0/s1. The molecule has 12 heteroatoms. The highest BCUT2D eigenvalue weighted by Crippen LogP contribution is 2.64. The summed E-state index contributed by atoms with van der Waals surface area (Å²) in [6, 6.07) is 0.516. The van der Waals surface area contributed by atoms with Crippen molar-refractivity contribution in [3.05, 3.63) is 0 Å². The highest BCUT2D eigenvalue weighted by atomic mass is 32.2. The van der Waals surface area contributed by atoms with Gasteiger partial charge >= 0.3 is 5.97 Å². The SMILES string of the molecule is CC(=O)NC1(C)C2(C)OC(CO)(O[C@@]1(C)COC(=O)CCCCC1SC[C@@H]3NC(O)N[C@H]13)[C@@]2(C)O. The van der Waals surface area contributed by atoms with Crippen LogP contribution in [-0.4, -0.2) is 98.0 Å². The molecule has 11 nitrogen and oxygen atoms in total. The van der Waals surface area contributed by atoms with Crippen LogP contribution in [0.15, 0.2) is 0 Å². The Balaban J connectivity index is 1.32. The van der Waals surface area contributed by atoms with Crippen LogP contribution in [0.25, 0.3) is 0 Å². The molecule has 9 atom stereocenters. The van der Waals surface area contributed by atoms with Crippen LogP contribution in [-0.2, 0) is 23.8 Å². The molecule has 5 aliphatic heterocycles. The first-order valence-corrected chi connectivity index (χ1v) is 13.3. The van der Waals surface area contributed by atoms with E-state index in [2.05, 4.69) is 16.0 Å². The van der Waals surface area contributed by atoms with Crippen molar-refractivity contribution < 1.29 is 39.1 Å². The molecule has 0 aromatic heterocycles. The van der Waals surface area contributed by atoms with Gasteiger partial charge in [0, 0.05) is 36.4 Å². The third kappa shape index (κ3) is 4.01.